The molecule has 0 saturated carbocycles. The van der Waals surface area contributed by atoms with Crippen LogP contribution in [0.4, 0.5) is 4.39 Å². The predicted molar refractivity (Wildman–Crippen MR) is 103 cm³/mol. The number of rotatable bonds is 6. The first-order valence-corrected chi connectivity index (χ1v) is 9.70. The van der Waals surface area contributed by atoms with Gasteiger partial charge in [-0.2, -0.15) is 4.98 Å². The number of halogens is 1. The van der Waals surface area contributed by atoms with E-state index in [1.807, 2.05) is 13.0 Å². The van der Waals surface area contributed by atoms with E-state index in [2.05, 4.69) is 20.1 Å². The molecule has 0 unspecified atom stereocenters. The molecule has 142 valence electrons. The molecule has 0 amide bonds. The van der Waals surface area contributed by atoms with Crippen molar-refractivity contribution in [2.24, 2.45) is 0 Å². The van der Waals surface area contributed by atoms with E-state index in [1.54, 1.807) is 23.0 Å². The predicted octanol–water partition coefficient (Wildman–Crippen LogP) is 3.68. The number of thioether (sulfide) groups is 1. The van der Waals surface area contributed by atoms with Crippen molar-refractivity contribution in [2.75, 3.05) is 0 Å². The average Bonchev–Trinajstić information content (AvgIpc) is 3.19. The molecule has 28 heavy (non-hydrogen) atoms. The first-order chi connectivity index (χ1) is 13.7. The summed E-state index contributed by atoms with van der Waals surface area (Å²) in [5.41, 5.74) is 0.967. The van der Waals surface area contributed by atoms with Gasteiger partial charge in [0, 0.05) is 24.5 Å². The van der Waals surface area contributed by atoms with E-state index in [9.17, 15) is 9.18 Å². The SMILES string of the molecule is CCCn1c(SCc2nc(-c3cccnc3)no2)nc2ccc(F)cc2c1=O. The van der Waals surface area contributed by atoms with Crippen molar-refractivity contribution in [2.45, 2.75) is 30.8 Å². The summed E-state index contributed by atoms with van der Waals surface area (Å²) < 4.78 is 20.4. The van der Waals surface area contributed by atoms with Crippen molar-refractivity contribution in [3.8, 4) is 11.4 Å². The van der Waals surface area contributed by atoms with E-state index in [4.69, 9.17) is 4.52 Å². The Balaban J connectivity index is 1.63. The van der Waals surface area contributed by atoms with Gasteiger partial charge in [-0.25, -0.2) is 9.37 Å². The van der Waals surface area contributed by atoms with Gasteiger partial charge in [-0.15, -0.1) is 0 Å². The van der Waals surface area contributed by atoms with Crippen LogP contribution >= 0.6 is 11.8 Å². The molecule has 0 aliphatic rings. The molecule has 0 N–H and O–H groups in total. The van der Waals surface area contributed by atoms with E-state index in [0.717, 1.165) is 12.0 Å². The highest BCUT2D eigenvalue weighted by molar-refractivity contribution is 7.98. The van der Waals surface area contributed by atoms with Crippen LogP contribution in [-0.4, -0.2) is 24.7 Å². The smallest absolute Gasteiger partial charge is 0.262 e. The Hall–Kier alpha value is -3.07. The number of benzene rings is 1. The molecule has 0 aliphatic heterocycles. The van der Waals surface area contributed by atoms with Crippen LogP contribution in [-0.2, 0) is 12.3 Å². The topological polar surface area (TPSA) is 86.7 Å². The van der Waals surface area contributed by atoms with Gasteiger partial charge in [-0.05, 0) is 36.8 Å². The third kappa shape index (κ3) is 3.65. The van der Waals surface area contributed by atoms with Crippen molar-refractivity contribution in [3.05, 3.63) is 64.8 Å². The fraction of sp³-hybridized carbons (Fsp3) is 0.211. The molecule has 0 radical (unpaired) electrons. The molecule has 0 fully saturated rings. The first kappa shape index (κ1) is 18.3. The van der Waals surface area contributed by atoms with Crippen LogP contribution in [0.3, 0.4) is 0 Å². The fourth-order valence-electron chi connectivity index (χ4n) is 2.76. The first-order valence-electron chi connectivity index (χ1n) is 8.71. The molecule has 0 saturated heterocycles. The lowest BCUT2D eigenvalue weighted by molar-refractivity contribution is 0.391. The minimum atomic E-state index is -0.455. The minimum absolute atomic E-state index is 0.254. The second kappa shape index (κ2) is 7.89. The Morgan fingerprint density at radius 2 is 2.14 bits per heavy atom. The lowest BCUT2D eigenvalue weighted by atomic mass is 10.2. The van der Waals surface area contributed by atoms with Gasteiger partial charge in [-0.1, -0.05) is 23.8 Å². The largest absolute Gasteiger partial charge is 0.338 e. The summed E-state index contributed by atoms with van der Waals surface area (Å²) in [6, 6.07) is 7.68. The third-order valence-corrected chi connectivity index (χ3v) is 5.00. The number of fused-ring (bicyclic) bond motifs is 1. The van der Waals surface area contributed by atoms with Gasteiger partial charge in [-0.3, -0.25) is 14.3 Å². The lowest BCUT2D eigenvalue weighted by Crippen LogP contribution is -2.23. The molecule has 3 heterocycles. The molecule has 3 aromatic heterocycles. The zero-order chi connectivity index (χ0) is 19.5. The van der Waals surface area contributed by atoms with Crippen LogP contribution in [0.1, 0.15) is 19.2 Å². The molecule has 9 heteroatoms. The Morgan fingerprint density at radius 1 is 1.25 bits per heavy atom. The highest BCUT2D eigenvalue weighted by Crippen LogP contribution is 2.23. The van der Waals surface area contributed by atoms with Gasteiger partial charge in [0.05, 0.1) is 16.7 Å². The zero-order valence-corrected chi connectivity index (χ0v) is 15.8. The summed E-state index contributed by atoms with van der Waals surface area (Å²) in [4.78, 5) is 25.7. The van der Waals surface area contributed by atoms with Crippen molar-refractivity contribution in [1.82, 2.24) is 24.7 Å². The van der Waals surface area contributed by atoms with E-state index in [1.165, 1.54) is 30.0 Å². The molecular weight excluding hydrogens is 381 g/mol. The van der Waals surface area contributed by atoms with Gasteiger partial charge in [0.15, 0.2) is 5.16 Å². The van der Waals surface area contributed by atoms with Crippen LogP contribution < -0.4 is 5.56 Å². The van der Waals surface area contributed by atoms with E-state index in [-0.39, 0.29) is 10.9 Å². The second-order valence-corrected chi connectivity index (χ2v) is 7.00. The van der Waals surface area contributed by atoms with E-state index >= 15 is 0 Å². The quantitative estimate of drug-likeness (QED) is 0.362. The Morgan fingerprint density at radius 3 is 2.93 bits per heavy atom. The van der Waals surface area contributed by atoms with Crippen LogP contribution in [0.25, 0.3) is 22.3 Å². The zero-order valence-electron chi connectivity index (χ0n) is 15.0. The maximum atomic E-state index is 13.5. The molecule has 1 aromatic carbocycles. The number of nitrogens with zero attached hydrogens (tertiary/aromatic N) is 5. The highest BCUT2D eigenvalue weighted by Gasteiger charge is 2.14. The van der Waals surface area contributed by atoms with Crippen LogP contribution in [0.15, 0.2) is 57.2 Å². The molecule has 0 spiro atoms. The van der Waals surface area contributed by atoms with Gasteiger partial charge in [0.25, 0.3) is 5.56 Å². The van der Waals surface area contributed by atoms with Crippen LogP contribution in [0.5, 0.6) is 0 Å². The average molecular weight is 397 g/mol. The normalized spacial score (nSPS) is 11.2. The third-order valence-electron chi connectivity index (χ3n) is 4.04. The molecule has 4 aromatic rings. The molecule has 4 rings (SSSR count). The summed E-state index contributed by atoms with van der Waals surface area (Å²) in [6.07, 6.45) is 4.08. The fourth-order valence-corrected chi connectivity index (χ4v) is 3.62. The number of hydrogen-bond donors (Lipinski definition) is 0. The van der Waals surface area contributed by atoms with Gasteiger partial charge in [0.1, 0.15) is 5.82 Å². The standard InChI is InChI=1S/C19H16FN5O2S/c1-2-8-25-18(26)14-9-13(20)5-6-15(14)22-19(25)28-11-16-23-17(24-27-16)12-4-3-7-21-10-12/h3-7,9-10H,2,8,11H2,1H3. The summed E-state index contributed by atoms with van der Waals surface area (Å²) >= 11 is 1.33. The Kier molecular flexibility index (Phi) is 5.16. The van der Waals surface area contributed by atoms with E-state index < -0.39 is 5.82 Å². The van der Waals surface area contributed by atoms with Crippen LogP contribution in [0.2, 0.25) is 0 Å². The van der Waals surface area contributed by atoms with Gasteiger partial charge >= 0.3 is 0 Å². The Bertz CT molecular complexity index is 1180. The second-order valence-electron chi connectivity index (χ2n) is 6.05. The van der Waals surface area contributed by atoms with E-state index in [0.29, 0.717) is 34.7 Å². The molecule has 7 nitrogen and oxygen atoms in total. The molecular formula is C19H16FN5O2S. The van der Waals surface area contributed by atoms with Crippen molar-refractivity contribution in [1.29, 1.82) is 0 Å². The monoisotopic (exact) mass is 397 g/mol. The maximum Gasteiger partial charge on any atom is 0.262 e. The Labute approximate surface area is 163 Å². The van der Waals surface area contributed by atoms with Crippen molar-refractivity contribution < 1.29 is 8.91 Å². The molecule has 0 atom stereocenters. The van der Waals surface area contributed by atoms with Crippen molar-refractivity contribution in [3.63, 3.8) is 0 Å². The molecule has 0 bridgehead atoms. The maximum absolute atomic E-state index is 13.5. The van der Waals surface area contributed by atoms with Crippen LogP contribution in [0, 0.1) is 5.82 Å². The van der Waals surface area contributed by atoms with Crippen molar-refractivity contribution >= 4 is 22.7 Å². The summed E-state index contributed by atoms with van der Waals surface area (Å²) in [7, 11) is 0. The number of hydrogen-bond acceptors (Lipinski definition) is 7. The summed E-state index contributed by atoms with van der Waals surface area (Å²) in [6.45, 7) is 2.46. The van der Waals surface area contributed by atoms with Gasteiger partial charge in [0.2, 0.25) is 11.7 Å². The van der Waals surface area contributed by atoms with Gasteiger partial charge < -0.3 is 4.52 Å². The number of pyridine rings is 1. The lowest BCUT2D eigenvalue weighted by Gasteiger charge is -2.11. The summed E-state index contributed by atoms with van der Waals surface area (Å²) in [5.74, 6) is 0.774. The minimum Gasteiger partial charge on any atom is -0.338 e. The number of aromatic nitrogens is 5. The summed E-state index contributed by atoms with van der Waals surface area (Å²) in [5, 5.41) is 4.77. The molecule has 0 aliphatic carbocycles. The highest BCUT2D eigenvalue weighted by atomic mass is 32.2.